The molecule has 0 aromatic carbocycles. The van der Waals surface area contributed by atoms with Gasteiger partial charge in [-0.15, -0.1) is 0 Å². The van der Waals surface area contributed by atoms with E-state index in [4.69, 9.17) is 0 Å². The fourth-order valence-corrected chi connectivity index (χ4v) is 3.30. The highest BCUT2D eigenvalue weighted by atomic mass is 15.1. The summed E-state index contributed by atoms with van der Waals surface area (Å²) in [6, 6.07) is 0.782. The lowest BCUT2D eigenvalue weighted by Crippen LogP contribution is -2.43. The molecule has 1 fully saturated rings. The van der Waals surface area contributed by atoms with Gasteiger partial charge < -0.3 is 10.2 Å². The molecule has 0 saturated heterocycles. The molecule has 90 valence electrons. The Kier molecular flexibility index (Phi) is 5.62. The van der Waals surface area contributed by atoms with Gasteiger partial charge in [0.2, 0.25) is 0 Å². The highest BCUT2D eigenvalue weighted by Gasteiger charge is 2.31. The van der Waals surface area contributed by atoms with Crippen LogP contribution in [0.5, 0.6) is 0 Å². The van der Waals surface area contributed by atoms with Crippen molar-refractivity contribution in [1.29, 1.82) is 0 Å². The minimum atomic E-state index is 0.782. The lowest BCUT2D eigenvalue weighted by molar-refractivity contribution is 0.137. The summed E-state index contributed by atoms with van der Waals surface area (Å²) in [4.78, 5) is 2.46. The molecule has 2 unspecified atom stereocenters. The molecule has 2 atom stereocenters. The van der Waals surface area contributed by atoms with E-state index in [1.807, 2.05) is 0 Å². The molecule has 0 aromatic rings. The maximum absolute atomic E-state index is 3.35. The van der Waals surface area contributed by atoms with Crippen LogP contribution in [0, 0.1) is 11.8 Å². The van der Waals surface area contributed by atoms with Gasteiger partial charge in [-0.25, -0.2) is 0 Å². The van der Waals surface area contributed by atoms with Gasteiger partial charge in [-0.1, -0.05) is 26.2 Å². The smallest absolute Gasteiger partial charge is 0.0158 e. The van der Waals surface area contributed by atoms with E-state index < -0.39 is 0 Å². The Bertz CT molecular complexity index is 162. The monoisotopic (exact) mass is 212 g/mol. The summed E-state index contributed by atoms with van der Waals surface area (Å²) in [5.41, 5.74) is 0. The van der Waals surface area contributed by atoms with Gasteiger partial charge in [0.1, 0.15) is 0 Å². The second kappa shape index (κ2) is 6.49. The second-order valence-corrected chi connectivity index (χ2v) is 5.22. The summed E-state index contributed by atoms with van der Waals surface area (Å²) in [5, 5.41) is 3.35. The fraction of sp³-hybridized carbons (Fsp3) is 1.00. The van der Waals surface area contributed by atoms with Crippen LogP contribution in [0.1, 0.15) is 39.0 Å². The Morgan fingerprint density at radius 2 is 1.87 bits per heavy atom. The standard InChI is InChI=1S/C13H28N2/c1-5-11(10-14-2)13(15(3)4)12-8-6-7-9-12/h11-14H,5-10H2,1-4H3. The number of nitrogens with zero attached hydrogens (tertiary/aromatic N) is 1. The Morgan fingerprint density at radius 3 is 2.27 bits per heavy atom. The third-order valence-electron chi connectivity index (χ3n) is 3.95. The lowest BCUT2D eigenvalue weighted by atomic mass is 9.84. The van der Waals surface area contributed by atoms with E-state index in [0.29, 0.717) is 0 Å². The Balaban J connectivity index is 2.61. The molecule has 2 heteroatoms. The molecule has 2 nitrogen and oxygen atoms in total. The first-order valence-corrected chi connectivity index (χ1v) is 6.51. The summed E-state index contributed by atoms with van der Waals surface area (Å²) in [6.45, 7) is 3.49. The van der Waals surface area contributed by atoms with Crippen LogP contribution in [0.15, 0.2) is 0 Å². The van der Waals surface area contributed by atoms with Crippen molar-refractivity contribution >= 4 is 0 Å². The maximum Gasteiger partial charge on any atom is 0.0158 e. The van der Waals surface area contributed by atoms with Gasteiger partial charge >= 0.3 is 0 Å². The van der Waals surface area contributed by atoms with Crippen molar-refractivity contribution in [3.05, 3.63) is 0 Å². The van der Waals surface area contributed by atoms with Crippen LogP contribution in [-0.4, -0.2) is 38.6 Å². The SMILES string of the molecule is CCC(CNC)C(C1CCCC1)N(C)C. The first-order valence-electron chi connectivity index (χ1n) is 6.51. The van der Waals surface area contributed by atoms with Crippen molar-refractivity contribution in [2.45, 2.75) is 45.1 Å². The van der Waals surface area contributed by atoms with Crippen molar-refractivity contribution < 1.29 is 0 Å². The molecule has 1 N–H and O–H groups in total. The average molecular weight is 212 g/mol. The summed E-state index contributed by atoms with van der Waals surface area (Å²) in [7, 11) is 6.58. The van der Waals surface area contributed by atoms with Crippen LogP contribution in [0.25, 0.3) is 0 Å². The minimum Gasteiger partial charge on any atom is -0.319 e. The van der Waals surface area contributed by atoms with Gasteiger partial charge in [-0.05, 0) is 52.4 Å². The van der Waals surface area contributed by atoms with Crippen molar-refractivity contribution in [3.8, 4) is 0 Å². The molecule has 1 aliphatic rings. The summed E-state index contributed by atoms with van der Waals surface area (Å²) in [6.07, 6.45) is 7.09. The predicted octanol–water partition coefficient (Wildman–Crippen LogP) is 2.35. The third kappa shape index (κ3) is 3.46. The van der Waals surface area contributed by atoms with Gasteiger partial charge in [0.05, 0.1) is 0 Å². The quantitative estimate of drug-likeness (QED) is 0.727. The largest absolute Gasteiger partial charge is 0.319 e. The van der Waals surface area contributed by atoms with Crippen LogP contribution in [0.3, 0.4) is 0 Å². The minimum absolute atomic E-state index is 0.782. The molecule has 0 bridgehead atoms. The molecule has 0 spiro atoms. The molecule has 1 aliphatic carbocycles. The molecule has 1 saturated carbocycles. The van der Waals surface area contributed by atoms with Crippen LogP contribution < -0.4 is 5.32 Å². The third-order valence-corrected chi connectivity index (χ3v) is 3.95. The second-order valence-electron chi connectivity index (χ2n) is 5.22. The Labute approximate surface area is 95.4 Å². The van der Waals surface area contributed by atoms with Gasteiger partial charge in [0.15, 0.2) is 0 Å². The van der Waals surface area contributed by atoms with E-state index in [0.717, 1.165) is 24.4 Å². The highest BCUT2D eigenvalue weighted by Crippen LogP contribution is 2.33. The molecular weight excluding hydrogens is 184 g/mol. The number of nitrogens with one attached hydrogen (secondary N) is 1. The molecule has 0 radical (unpaired) electrons. The van der Waals surface area contributed by atoms with E-state index in [-0.39, 0.29) is 0 Å². The topological polar surface area (TPSA) is 15.3 Å². The van der Waals surface area contributed by atoms with Crippen LogP contribution in [-0.2, 0) is 0 Å². The first-order chi connectivity index (χ1) is 7.20. The van der Waals surface area contributed by atoms with Crippen molar-refractivity contribution in [2.75, 3.05) is 27.7 Å². The summed E-state index contributed by atoms with van der Waals surface area (Å²) < 4.78 is 0. The van der Waals surface area contributed by atoms with E-state index in [2.05, 4.69) is 38.3 Å². The van der Waals surface area contributed by atoms with E-state index in [1.54, 1.807) is 0 Å². The number of rotatable bonds is 6. The zero-order chi connectivity index (χ0) is 11.3. The van der Waals surface area contributed by atoms with Crippen LogP contribution in [0.4, 0.5) is 0 Å². The number of hydrogen-bond donors (Lipinski definition) is 1. The molecule has 0 aliphatic heterocycles. The molecule has 0 heterocycles. The molecular formula is C13H28N2. The molecule has 0 amide bonds. The average Bonchev–Trinajstić information content (AvgIpc) is 2.69. The Morgan fingerprint density at radius 1 is 1.27 bits per heavy atom. The van der Waals surface area contributed by atoms with Gasteiger partial charge in [-0.2, -0.15) is 0 Å². The van der Waals surface area contributed by atoms with Gasteiger partial charge in [-0.3, -0.25) is 0 Å². The zero-order valence-electron chi connectivity index (χ0n) is 10.9. The fourth-order valence-electron chi connectivity index (χ4n) is 3.30. The van der Waals surface area contributed by atoms with Crippen molar-refractivity contribution in [2.24, 2.45) is 11.8 Å². The van der Waals surface area contributed by atoms with Crippen molar-refractivity contribution in [1.82, 2.24) is 10.2 Å². The zero-order valence-corrected chi connectivity index (χ0v) is 10.9. The summed E-state index contributed by atoms with van der Waals surface area (Å²) in [5.74, 6) is 1.76. The van der Waals surface area contributed by atoms with Crippen molar-refractivity contribution in [3.63, 3.8) is 0 Å². The summed E-state index contributed by atoms with van der Waals surface area (Å²) >= 11 is 0. The predicted molar refractivity (Wildman–Crippen MR) is 67.1 cm³/mol. The van der Waals surface area contributed by atoms with Crippen LogP contribution >= 0.6 is 0 Å². The van der Waals surface area contributed by atoms with Gasteiger partial charge in [0, 0.05) is 6.04 Å². The Hall–Kier alpha value is -0.0800. The lowest BCUT2D eigenvalue weighted by Gasteiger charge is -2.36. The van der Waals surface area contributed by atoms with E-state index in [9.17, 15) is 0 Å². The first kappa shape index (κ1) is 13.0. The maximum atomic E-state index is 3.35. The molecule has 15 heavy (non-hydrogen) atoms. The van der Waals surface area contributed by atoms with E-state index in [1.165, 1.54) is 32.1 Å². The highest BCUT2D eigenvalue weighted by molar-refractivity contribution is 4.86. The van der Waals surface area contributed by atoms with E-state index >= 15 is 0 Å². The molecule has 0 aromatic heterocycles. The van der Waals surface area contributed by atoms with Gasteiger partial charge in [0.25, 0.3) is 0 Å². The number of hydrogen-bond acceptors (Lipinski definition) is 2. The van der Waals surface area contributed by atoms with Crippen LogP contribution in [0.2, 0.25) is 0 Å². The normalized spacial score (nSPS) is 22.2. The molecule has 1 rings (SSSR count).